The average molecular weight is 288 g/mol. The lowest BCUT2D eigenvalue weighted by molar-refractivity contribution is -0.116. The molecule has 0 bridgehead atoms. The number of hydrogen-bond acceptors (Lipinski definition) is 5. The molecule has 1 atom stereocenters. The number of amides is 1. The average Bonchev–Trinajstić information content (AvgIpc) is 2.48. The van der Waals surface area contributed by atoms with Gasteiger partial charge in [0.2, 0.25) is 5.91 Å². The van der Waals surface area contributed by atoms with Crippen LogP contribution in [0.3, 0.4) is 0 Å². The van der Waals surface area contributed by atoms with Crippen LogP contribution in [0.25, 0.3) is 10.9 Å². The minimum absolute atomic E-state index is 0.0290. The summed E-state index contributed by atoms with van der Waals surface area (Å²) in [4.78, 5) is 20.5. The van der Waals surface area contributed by atoms with Crippen molar-refractivity contribution in [3.8, 4) is 0 Å². The van der Waals surface area contributed by atoms with E-state index in [0.717, 1.165) is 34.6 Å². The predicted molar refractivity (Wildman–Crippen MR) is 81.9 cm³/mol. The maximum Gasteiger partial charge on any atom is 0.225 e. The van der Waals surface area contributed by atoms with E-state index in [2.05, 4.69) is 20.6 Å². The monoisotopic (exact) mass is 288 g/mol. The molecule has 0 spiro atoms. The molecule has 0 aliphatic carbocycles. The Kier molecular flexibility index (Phi) is 4.13. The van der Waals surface area contributed by atoms with Gasteiger partial charge >= 0.3 is 0 Å². The van der Waals surface area contributed by atoms with Crippen LogP contribution in [0.5, 0.6) is 0 Å². The first-order valence-corrected chi connectivity index (χ1v) is 7.78. The summed E-state index contributed by atoms with van der Waals surface area (Å²) < 4.78 is 0. The summed E-state index contributed by atoms with van der Waals surface area (Å²) in [6, 6.07) is 3.91. The van der Waals surface area contributed by atoms with Gasteiger partial charge in [-0.2, -0.15) is 11.8 Å². The predicted octanol–water partition coefficient (Wildman–Crippen LogP) is 1.66. The summed E-state index contributed by atoms with van der Waals surface area (Å²) in [5.74, 6) is 2.14. The molecule has 2 aromatic rings. The minimum Gasteiger partial charge on any atom is -0.325 e. The number of nitrogens with zero attached hydrogens (tertiary/aromatic N) is 2. The normalized spacial score (nSPS) is 18.9. The first-order chi connectivity index (χ1) is 9.83. The highest BCUT2D eigenvalue weighted by molar-refractivity contribution is 7.99. The Morgan fingerprint density at radius 2 is 2.40 bits per heavy atom. The van der Waals surface area contributed by atoms with Gasteiger partial charge in [-0.25, -0.2) is 0 Å². The van der Waals surface area contributed by atoms with E-state index >= 15 is 0 Å². The number of aromatic nitrogens is 2. The highest BCUT2D eigenvalue weighted by atomic mass is 32.2. The smallest absolute Gasteiger partial charge is 0.225 e. The Labute approximate surface area is 121 Å². The van der Waals surface area contributed by atoms with E-state index in [1.807, 2.05) is 23.9 Å². The molecule has 0 saturated carbocycles. The second kappa shape index (κ2) is 6.19. The van der Waals surface area contributed by atoms with E-state index in [1.165, 1.54) is 0 Å². The number of carbonyl (C=O) groups is 1. The van der Waals surface area contributed by atoms with Crippen LogP contribution in [0.4, 0.5) is 5.69 Å². The highest BCUT2D eigenvalue weighted by Gasteiger charge is 2.17. The quantitative estimate of drug-likeness (QED) is 0.899. The van der Waals surface area contributed by atoms with Gasteiger partial charge in [0.1, 0.15) is 0 Å². The van der Waals surface area contributed by atoms with E-state index in [4.69, 9.17) is 0 Å². The van der Waals surface area contributed by atoms with Crippen molar-refractivity contribution < 1.29 is 4.79 Å². The molecule has 0 radical (unpaired) electrons. The first-order valence-electron chi connectivity index (χ1n) is 6.62. The Hall–Kier alpha value is -1.66. The molecule has 1 fully saturated rings. The molecular weight excluding hydrogens is 272 g/mol. The Balaban J connectivity index is 1.71. The number of pyridine rings is 2. The second-order valence-corrected chi connectivity index (χ2v) is 5.88. The van der Waals surface area contributed by atoms with Crippen LogP contribution in [0.1, 0.15) is 6.42 Å². The van der Waals surface area contributed by atoms with Crippen molar-refractivity contribution in [2.75, 3.05) is 23.4 Å². The largest absolute Gasteiger partial charge is 0.325 e. The third-order valence-electron chi connectivity index (χ3n) is 3.25. The molecule has 104 valence electrons. The molecule has 3 heterocycles. The number of thioether (sulfide) groups is 1. The van der Waals surface area contributed by atoms with Gasteiger partial charge in [0.25, 0.3) is 0 Å². The van der Waals surface area contributed by atoms with E-state index in [-0.39, 0.29) is 11.9 Å². The lowest BCUT2D eigenvalue weighted by atomic mass is 10.2. The zero-order valence-corrected chi connectivity index (χ0v) is 11.8. The highest BCUT2D eigenvalue weighted by Crippen LogP contribution is 2.20. The van der Waals surface area contributed by atoms with E-state index in [0.29, 0.717) is 6.42 Å². The van der Waals surface area contributed by atoms with Gasteiger partial charge < -0.3 is 10.6 Å². The van der Waals surface area contributed by atoms with Gasteiger partial charge in [0, 0.05) is 54.5 Å². The lowest BCUT2D eigenvalue weighted by Gasteiger charge is -2.22. The Morgan fingerprint density at radius 1 is 1.45 bits per heavy atom. The number of fused-ring (bicyclic) bond motifs is 1. The molecule has 1 amide bonds. The third-order valence-corrected chi connectivity index (χ3v) is 4.38. The Bertz CT molecular complexity index is 608. The zero-order valence-electron chi connectivity index (χ0n) is 11.0. The SMILES string of the molecule is O=C(CC1CSCCN1)Nc1ccnc2ccncc12. The fraction of sp³-hybridized carbons (Fsp3) is 0.357. The molecule has 5 nitrogen and oxygen atoms in total. The van der Waals surface area contributed by atoms with Crippen molar-refractivity contribution in [2.24, 2.45) is 0 Å². The van der Waals surface area contributed by atoms with Gasteiger partial charge in [0.05, 0.1) is 11.2 Å². The number of anilines is 1. The first kappa shape index (κ1) is 13.3. The summed E-state index contributed by atoms with van der Waals surface area (Å²) >= 11 is 1.89. The minimum atomic E-state index is 0.0290. The molecule has 1 saturated heterocycles. The van der Waals surface area contributed by atoms with Crippen molar-refractivity contribution in [3.05, 3.63) is 30.7 Å². The van der Waals surface area contributed by atoms with Crippen molar-refractivity contribution in [3.63, 3.8) is 0 Å². The van der Waals surface area contributed by atoms with Crippen molar-refractivity contribution in [2.45, 2.75) is 12.5 Å². The summed E-state index contributed by atoms with van der Waals surface area (Å²) in [6.07, 6.45) is 5.63. The zero-order chi connectivity index (χ0) is 13.8. The molecule has 6 heteroatoms. The molecule has 2 aromatic heterocycles. The Morgan fingerprint density at radius 3 is 3.25 bits per heavy atom. The number of carbonyl (C=O) groups excluding carboxylic acids is 1. The van der Waals surface area contributed by atoms with Crippen LogP contribution in [0, 0.1) is 0 Å². The van der Waals surface area contributed by atoms with Gasteiger partial charge in [-0.3, -0.25) is 14.8 Å². The second-order valence-electron chi connectivity index (χ2n) is 4.73. The van der Waals surface area contributed by atoms with E-state index in [1.54, 1.807) is 18.6 Å². The van der Waals surface area contributed by atoms with Gasteiger partial charge in [-0.1, -0.05) is 0 Å². The van der Waals surface area contributed by atoms with E-state index in [9.17, 15) is 4.79 Å². The topological polar surface area (TPSA) is 66.9 Å². The molecule has 1 aliphatic heterocycles. The van der Waals surface area contributed by atoms with Crippen LogP contribution < -0.4 is 10.6 Å². The molecule has 3 rings (SSSR count). The van der Waals surface area contributed by atoms with E-state index < -0.39 is 0 Å². The van der Waals surface area contributed by atoms with Gasteiger partial charge in [-0.15, -0.1) is 0 Å². The number of nitrogens with one attached hydrogen (secondary N) is 2. The maximum absolute atomic E-state index is 12.1. The molecular formula is C14H16N4OS. The molecule has 1 unspecified atom stereocenters. The van der Waals surface area contributed by atoms with Crippen LogP contribution in [0.2, 0.25) is 0 Å². The maximum atomic E-state index is 12.1. The third kappa shape index (κ3) is 3.08. The standard InChI is InChI=1S/C14H16N4OS/c19-14(7-10-9-20-6-5-16-10)18-13-2-4-17-12-1-3-15-8-11(12)13/h1-4,8,10,16H,5-7,9H2,(H,17,18,19). The fourth-order valence-corrected chi connectivity index (χ4v) is 3.22. The summed E-state index contributed by atoms with van der Waals surface area (Å²) in [5, 5.41) is 7.20. The fourth-order valence-electron chi connectivity index (χ4n) is 2.27. The summed E-state index contributed by atoms with van der Waals surface area (Å²) in [5.41, 5.74) is 1.61. The van der Waals surface area contributed by atoms with Crippen molar-refractivity contribution in [1.29, 1.82) is 0 Å². The van der Waals surface area contributed by atoms with Crippen LogP contribution >= 0.6 is 11.8 Å². The molecule has 0 aromatic carbocycles. The van der Waals surface area contributed by atoms with Crippen molar-refractivity contribution >= 4 is 34.3 Å². The van der Waals surface area contributed by atoms with Crippen molar-refractivity contribution in [1.82, 2.24) is 15.3 Å². The van der Waals surface area contributed by atoms with Crippen LogP contribution in [-0.4, -0.2) is 40.0 Å². The van der Waals surface area contributed by atoms with Gasteiger partial charge in [-0.05, 0) is 12.1 Å². The molecule has 1 aliphatic rings. The molecule has 2 N–H and O–H groups in total. The summed E-state index contributed by atoms with van der Waals surface area (Å²) in [7, 11) is 0. The lowest BCUT2D eigenvalue weighted by Crippen LogP contribution is -2.39. The summed E-state index contributed by atoms with van der Waals surface area (Å²) in [6.45, 7) is 0.977. The van der Waals surface area contributed by atoms with Gasteiger partial charge in [0.15, 0.2) is 0 Å². The number of hydrogen-bond donors (Lipinski definition) is 2. The number of rotatable bonds is 3. The van der Waals surface area contributed by atoms with Crippen LogP contribution in [0.15, 0.2) is 30.7 Å². The van der Waals surface area contributed by atoms with Crippen LogP contribution in [-0.2, 0) is 4.79 Å². The molecule has 20 heavy (non-hydrogen) atoms.